The predicted octanol–water partition coefficient (Wildman–Crippen LogP) is 1.16. The highest BCUT2D eigenvalue weighted by Gasteiger charge is 2.04. The molecule has 4 N–H and O–H groups in total. The molecule has 0 aliphatic heterocycles. The minimum Gasteiger partial charge on any atom is -0.481 e. The fourth-order valence-corrected chi connectivity index (χ4v) is 1.42. The quantitative estimate of drug-likeness (QED) is 0.655. The van der Waals surface area contributed by atoms with E-state index in [1.165, 1.54) is 0 Å². The van der Waals surface area contributed by atoms with Crippen molar-refractivity contribution < 1.29 is 9.90 Å². The molecule has 5 nitrogen and oxygen atoms in total. The molecule has 0 aliphatic carbocycles. The summed E-state index contributed by atoms with van der Waals surface area (Å²) in [5.74, 6) is -0.145. The van der Waals surface area contributed by atoms with Crippen molar-refractivity contribution in [1.29, 1.82) is 0 Å². The lowest BCUT2D eigenvalue weighted by atomic mass is 10.3. The van der Waals surface area contributed by atoms with E-state index < -0.39 is 5.97 Å². The highest BCUT2D eigenvalue weighted by molar-refractivity contribution is 5.78. The molecule has 0 unspecified atom stereocenters. The number of nitrogen functional groups attached to an aromatic ring is 1. The first-order chi connectivity index (χ1) is 7.15. The van der Waals surface area contributed by atoms with Gasteiger partial charge in [0, 0.05) is 12.1 Å². The van der Waals surface area contributed by atoms with Gasteiger partial charge in [0.25, 0.3) is 0 Å². The van der Waals surface area contributed by atoms with Crippen molar-refractivity contribution in [3.63, 3.8) is 0 Å². The Morgan fingerprint density at radius 2 is 2.33 bits per heavy atom. The van der Waals surface area contributed by atoms with Gasteiger partial charge in [-0.05, 0) is 18.2 Å². The molecule has 2 rings (SSSR count). The first-order valence-electron chi connectivity index (χ1n) is 4.61. The standard InChI is InChI=1S/C10H11N3O2/c11-6-1-2-7-8(5-6)13-9(12-7)3-4-10(14)15/h1-2,5H,3-4,11H2,(H,12,13)(H,14,15). The van der Waals surface area contributed by atoms with Crippen molar-refractivity contribution in [3.8, 4) is 0 Å². The number of rotatable bonds is 3. The minimum absolute atomic E-state index is 0.0787. The Morgan fingerprint density at radius 3 is 3.07 bits per heavy atom. The van der Waals surface area contributed by atoms with Crippen molar-refractivity contribution in [2.75, 3.05) is 5.73 Å². The lowest BCUT2D eigenvalue weighted by Crippen LogP contribution is -1.98. The van der Waals surface area contributed by atoms with Crippen LogP contribution in [0.25, 0.3) is 11.0 Å². The number of nitrogens with two attached hydrogens (primary N) is 1. The number of carboxylic acids is 1. The highest BCUT2D eigenvalue weighted by Crippen LogP contribution is 2.15. The number of nitrogens with one attached hydrogen (secondary N) is 1. The van der Waals surface area contributed by atoms with Crippen LogP contribution in [0.4, 0.5) is 5.69 Å². The molecule has 15 heavy (non-hydrogen) atoms. The van der Waals surface area contributed by atoms with Crippen LogP contribution >= 0.6 is 0 Å². The Hall–Kier alpha value is -2.04. The van der Waals surface area contributed by atoms with Crippen molar-refractivity contribution in [3.05, 3.63) is 24.0 Å². The van der Waals surface area contributed by atoms with Gasteiger partial charge in [-0.2, -0.15) is 0 Å². The van der Waals surface area contributed by atoms with E-state index in [0.29, 0.717) is 17.9 Å². The van der Waals surface area contributed by atoms with Crippen molar-refractivity contribution in [2.24, 2.45) is 0 Å². The summed E-state index contributed by atoms with van der Waals surface area (Å²) in [6.07, 6.45) is 0.485. The average Bonchev–Trinajstić information content (AvgIpc) is 2.56. The molecule has 0 atom stereocenters. The van der Waals surface area contributed by atoms with Gasteiger partial charge in [0.2, 0.25) is 0 Å². The van der Waals surface area contributed by atoms with Gasteiger partial charge in [0.15, 0.2) is 0 Å². The number of hydrogen-bond acceptors (Lipinski definition) is 3. The summed E-state index contributed by atoms with van der Waals surface area (Å²) in [7, 11) is 0. The summed E-state index contributed by atoms with van der Waals surface area (Å²) in [5, 5.41) is 8.53. The smallest absolute Gasteiger partial charge is 0.303 e. The number of fused-ring (bicyclic) bond motifs is 1. The van der Waals surface area contributed by atoms with Gasteiger partial charge in [-0.15, -0.1) is 0 Å². The topological polar surface area (TPSA) is 92.0 Å². The molecule has 0 saturated carbocycles. The third kappa shape index (κ3) is 2.07. The number of aliphatic carboxylic acids is 1. The van der Waals surface area contributed by atoms with E-state index in [9.17, 15) is 4.79 Å². The van der Waals surface area contributed by atoms with Gasteiger partial charge >= 0.3 is 5.97 Å². The Kier molecular flexibility index (Phi) is 2.29. The predicted molar refractivity (Wildman–Crippen MR) is 56.5 cm³/mol. The average molecular weight is 205 g/mol. The van der Waals surface area contributed by atoms with Crippen LogP contribution in [0.3, 0.4) is 0 Å². The number of hydrogen-bond donors (Lipinski definition) is 3. The van der Waals surface area contributed by atoms with Crippen LogP contribution in [-0.2, 0) is 11.2 Å². The first kappa shape index (κ1) is 9.51. The molecule has 0 bridgehead atoms. The van der Waals surface area contributed by atoms with E-state index >= 15 is 0 Å². The van der Waals surface area contributed by atoms with Crippen LogP contribution in [0.15, 0.2) is 18.2 Å². The summed E-state index contributed by atoms with van der Waals surface area (Å²) in [6.45, 7) is 0. The number of nitrogens with zero attached hydrogens (tertiary/aromatic N) is 1. The summed E-state index contributed by atoms with van der Waals surface area (Å²) < 4.78 is 0. The second kappa shape index (κ2) is 3.61. The monoisotopic (exact) mass is 205 g/mol. The molecule has 0 saturated heterocycles. The maximum absolute atomic E-state index is 10.4. The zero-order valence-electron chi connectivity index (χ0n) is 8.03. The molecular weight excluding hydrogens is 194 g/mol. The van der Waals surface area contributed by atoms with E-state index in [0.717, 1.165) is 11.0 Å². The summed E-state index contributed by atoms with van der Waals surface area (Å²) in [4.78, 5) is 17.7. The largest absolute Gasteiger partial charge is 0.481 e. The van der Waals surface area contributed by atoms with Crippen molar-refractivity contribution in [2.45, 2.75) is 12.8 Å². The van der Waals surface area contributed by atoms with Crippen molar-refractivity contribution in [1.82, 2.24) is 9.97 Å². The fourth-order valence-electron chi connectivity index (χ4n) is 1.42. The van der Waals surface area contributed by atoms with Crippen molar-refractivity contribution >= 4 is 22.7 Å². The number of carboxylic acid groups (broad SMARTS) is 1. The Bertz CT molecular complexity index is 504. The number of aromatic nitrogens is 2. The summed E-state index contributed by atoms with van der Waals surface area (Å²) in [5.41, 5.74) is 7.93. The van der Waals surface area contributed by atoms with Crippen LogP contribution in [0.2, 0.25) is 0 Å². The molecular formula is C10H11N3O2. The van der Waals surface area contributed by atoms with E-state index in [1.807, 2.05) is 6.07 Å². The maximum Gasteiger partial charge on any atom is 0.303 e. The molecule has 0 radical (unpaired) electrons. The molecule has 0 spiro atoms. The van der Waals surface area contributed by atoms with Crippen LogP contribution in [0.1, 0.15) is 12.2 Å². The number of anilines is 1. The fraction of sp³-hybridized carbons (Fsp3) is 0.200. The van der Waals surface area contributed by atoms with E-state index in [1.54, 1.807) is 12.1 Å². The number of imidazole rings is 1. The third-order valence-electron chi connectivity index (χ3n) is 2.13. The first-order valence-corrected chi connectivity index (χ1v) is 4.61. The van der Waals surface area contributed by atoms with Crippen LogP contribution in [-0.4, -0.2) is 21.0 Å². The third-order valence-corrected chi connectivity index (χ3v) is 2.13. The molecule has 1 aromatic carbocycles. The lowest BCUT2D eigenvalue weighted by molar-refractivity contribution is -0.137. The van der Waals surface area contributed by atoms with Gasteiger partial charge in [-0.1, -0.05) is 0 Å². The second-order valence-corrected chi connectivity index (χ2v) is 3.35. The molecule has 1 heterocycles. The maximum atomic E-state index is 10.4. The molecule has 2 aromatic rings. The van der Waals surface area contributed by atoms with Gasteiger partial charge in [0.1, 0.15) is 5.82 Å². The van der Waals surface area contributed by atoms with E-state index in [2.05, 4.69) is 9.97 Å². The zero-order valence-corrected chi connectivity index (χ0v) is 8.03. The molecule has 1 aromatic heterocycles. The molecule has 78 valence electrons. The number of H-pyrrole nitrogens is 1. The molecule has 0 fully saturated rings. The highest BCUT2D eigenvalue weighted by atomic mass is 16.4. The Labute approximate surface area is 85.9 Å². The number of carbonyl (C=O) groups is 1. The van der Waals surface area contributed by atoms with Crippen LogP contribution < -0.4 is 5.73 Å². The molecule has 5 heteroatoms. The zero-order chi connectivity index (χ0) is 10.8. The van der Waals surface area contributed by atoms with E-state index in [4.69, 9.17) is 10.8 Å². The van der Waals surface area contributed by atoms with Gasteiger partial charge in [0.05, 0.1) is 17.5 Å². The number of aryl methyl sites for hydroxylation is 1. The van der Waals surface area contributed by atoms with E-state index in [-0.39, 0.29) is 6.42 Å². The lowest BCUT2D eigenvalue weighted by Gasteiger charge is -1.90. The number of aromatic amines is 1. The van der Waals surface area contributed by atoms with Gasteiger partial charge in [-0.25, -0.2) is 4.98 Å². The number of benzene rings is 1. The van der Waals surface area contributed by atoms with Crippen LogP contribution in [0, 0.1) is 0 Å². The second-order valence-electron chi connectivity index (χ2n) is 3.35. The SMILES string of the molecule is Nc1ccc2nc(CCC(=O)O)[nH]c2c1. The molecule has 0 aliphatic rings. The summed E-state index contributed by atoms with van der Waals surface area (Å²) >= 11 is 0. The van der Waals surface area contributed by atoms with Gasteiger partial charge < -0.3 is 15.8 Å². The normalized spacial score (nSPS) is 10.7. The molecule has 0 amide bonds. The minimum atomic E-state index is -0.824. The summed E-state index contributed by atoms with van der Waals surface area (Å²) in [6, 6.07) is 5.36. The van der Waals surface area contributed by atoms with Crippen LogP contribution in [0.5, 0.6) is 0 Å². The van der Waals surface area contributed by atoms with Gasteiger partial charge in [-0.3, -0.25) is 4.79 Å². The Balaban J connectivity index is 2.27. The Morgan fingerprint density at radius 1 is 1.53 bits per heavy atom.